The number of piperazine rings is 1. The fourth-order valence-electron chi connectivity index (χ4n) is 10.6. The zero-order chi connectivity index (χ0) is 60.0. The molecule has 3 aliphatic rings. The molecule has 10 N–H and O–H groups in total. The standard InChI is InChI=1S/C54H71N5O20P2/c1-25(2)24-58-17-19-59(20-18-58)32-22-33(60)41-35(23-32)77-50-42(56-41)38-39-46(65)31(8)49-40(38)51(67)54(9,79-49)76-21-16-34(75-10)28(5)48(78-37(62)15-14-36(61)55-53(80(69,70)71)81(72,73)74)30(7)45(64)29(6)44(63)26(3)12-11-13-27(4)52(68)57-43(50)47(39)66/h11-13,16,21-23,25-26,28-30,34,44-45,48,53,63-65,67H,14-15,17-20,24H2,1-10H3,(H,55,61)(H,57,68)(H2,69,70,71)(H2,72,73,74)/b12-11+,21-16+,27-13-/t26-,28+,29+,30+,34-,44-,45+,48+,54-/m0/s1. The van der Waals surface area contributed by atoms with Gasteiger partial charge >= 0.3 is 26.9 Å². The van der Waals surface area contributed by atoms with E-state index < -0.39 is 139 Å². The van der Waals surface area contributed by atoms with Crippen LogP contribution in [0.1, 0.15) is 73.8 Å². The average Bonchev–Trinajstić information content (AvgIpc) is 3.68. The van der Waals surface area contributed by atoms with Gasteiger partial charge in [0.2, 0.25) is 22.3 Å². The Balaban J connectivity index is 1.35. The highest BCUT2D eigenvalue weighted by atomic mass is 31.2. The van der Waals surface area contributed by atoms with E-state index in [0.29, 0.717) is 24.7 Å². The molecule has 0 saturated carbocycles. The molecule has 27 heteroatoms. The molecule has 442 valence electrons. The van der Waals surface area contributed by atoms with E-state index in [9.17, 15) is 73.1 Å². The molecule has 3 aromatic carbocycles. The minimum absolute atomic E-state index is 0.0228. The van der Waals surface area contributed by atoms with Crippen LogP contribution < -0.4 is 36.3 Å². The number of aromatic nitrogens is 1. The van der Waals surface area contributed by atoms with Gasteiger partial charge in [-0.15, -0.1) is 0 Å². The summed E-state index contributed by atoms with van der Waals surface area (Å²) in [5, 5.41) is 51.2. The van der Waals surface area contributed by atoms with E-state index in [0.717, 1.165) is 25.9 Å². The third-order valence-corrected chi connectivity index (χ3v) is 18.6. The Morgan fingerprint density at radius 2 is 1.56 bits per heavy atom. The molecule has 0 aliphatic carbocycles. The summed E-state index contributed by atoms with van der Waals surface area (Å²) in [7, 11) is -9.83. The highest BCUT2D eigenvalue weighted by Crippen LogP contribution is 2.58. The van der Waals surface area contributed by atoms with Crippen molar-refractivity contribution in [2.75, 3.05) is 50.1 Å². The van der Waals surface area contributed by atoms with Gasteiger partial charge in [-0.05, 0) is 25.8 Å². The summed E-state index contributed by atoms with van der Waals surface area (Å²) in [6, 6.07) is 3.06. The van der Waals surface area contributed by atoms with Crippen LogP contribution in [0.4, 0.5) is 11.4 Å². The van der Waals surface area contributed by atoms with Crippen molar-refractivity contribution in [2.45, 2.75) is 111 Å². The molecule has 0 unspecified atom stereocenters. The van der Waals surface area contributed by atoms with E-state index in [4.69, 9.17) is 28.3 Å². The van der Waals surface area contributed by atoms with Gasteiger partial charge in [0, 0.05) is 111 Å². The summed E-state index contributed by atoms with van der Waals surface area (Å²) >= 11 is 0. The highest BCUT2D eigenvalue weighted by molar-refractivity contribution is 7.70. The summed E-state index contributed by atoms with van der Waals surface area (Å²) in [5.41, 5.74) is -4.95. The van der Waals surface area contributed by atoms with Gasteiger partial charge < -0.3 is 78.9 Å². The second-order valence-corrected chi connectivity index (χ2v) is 25.5. The first-order valence-electron chi connectivity index (χ1n) is 26.3. The number of nitrogens with one attached hydrogen (secondary N) is 2. The molecule has 2 amide bonds. The quantitative estimate of drug-likeness (QED) is 0.0441. The largest absolute Gasteiger partial charge is 0.507 e. The van der Waals surface area contributed by atoms with Gasteiger partial charge in [-0.2, -0.15) is 0 Å². The maximum atomic E-state index is 15.0. The molecule has 4 aromatic rings. The van der Waals surface area contributed by atoms with E-state index in [1.165, 1.54) is 59.1 Å². The molecule has 1 aromatic heterocycles. The first kappa shape index (κ1) is 62.4. The van der Waals surface area contributed by atoms with Crippen molar-refractivity contribution < 1.29 is 86.9 Å². The number of nitrogens with zero attached hydrogens (tertiary/aromatic N) is 3. The number of fused-ring (bicyclic) bond motifs is 2. The summed E-state index contributed by atoms with van der Waals surface area (Å²) in [6.07, 6.45) is 0.185. The van der Waals surface area contributed by atoms with Crippen LogP contribution >= 0.6 is 15.2 Å². The molecule has 4 bridgehead atoms. The van der Waals surface area contributed by atoms with Crippen molar-refractivity contribution in [2.24, 2.45) is 29.6 Å². The molecule has 9 atom stereocenters. The number of aromatic hydroxyl groups is 1. The Morgan fingerprint density at radius 1 is 0.901 bits per heavy atom. The highest BCUT2D eigenvalue weighted by Gasteiger charge is 2.46. The lowest BCUT2D eigenvalue weighted by molar-refractivity contribution is -0.164. The van der Waals surface area contributed by atoms with Gasteiger partial charge in [-0.1, -0.05) is 59.8 Å². The molecule has 0 radical (unpaired) electrons. The number of carbonyl (C=O) groups excluding carboxylic acids is 3. The fraction of sp³-hybridized carbons (Fsp3) is 0.519. The first-order chi connectivity index (χ1) is 37.8. The van der Waals surface area contributed by atoms with Crippen molar-refractivity contribution in [1.29, 1.82) is 0 Å². The van der Waals surface area contributed by atoms with Crippen molar-refractivity contribution in [3.05, 3.63) is 79.5 Å². The Morgan fingerprint density at radius 3 is 2.17 bits per heavy atom. The number of amides is 2. The van der Waals surface area contributed by atoms with Gasteiger partial charge in [0.05, 0.1) is 41.6 Å². The number of aliphatic hydroxyl groups is 3. The van der Waals surface area contributed by atoms with Crippen LogP contribution in [0.5, 0.6) is 11.5 Å². The number of anilines is 2. The maximum Gasteiger partial charge on any atom is 0.360 e. The van der Waals surface area contributed by atoms with E-state index in [1.54, 1.807) is 38.2 Å². The van der Waals surface area contributed by atoms with Crippen molar-refractivity contribution in [3.8, 4) is 11.5 Å². The topological polar surface area (TPSA) is 375 Å². The summed E-state index contributed by atoms with van der Waals surface area (Å²) < 4.78 is 54.2. The second-order valence-electron chi connectivity index (χ2n) is 21.7. The molecule has 3 aliphatic heterocycles. The summed E-state index contributed by atoms with van der Waals surface area (Å²) in [4.78, 5) is 117. The predicted octanol–water partition coefficient (Wildman–Crippen LogP) is 3.85. The van der Waals surface area contributed by atoms with Crippen LogP contribution in [0.2, 0.25) is 0 Å². The van der Waals surface area contributed by atoms with Crippen molar-refractivity contribution in [3.63, 3.8) is 0 Å². The van der Waals surface area contributed by atoms with Gasteiger partial charge in [0.15, 0.2) is 22.4 Å². The normalized spacial score (nSPS) is 27.1. The SMILES string of the molecule is CO[C@H]1/C=C/O[C@@]2(C)Oc3c(C)c(O)c4c(=O)c(c5oc6cc(N7CCN(CC(C)C)CC7)cc(=O)c6nc5c4c3=C2O)NC(=O)/C(C)=C\C=C\[C@H](C)[C@H](O)[C@@H](C)[C@@H](O)[C@@H](C)[C@H](OC(=O)CCC(=O)NC(P(=O)(O)O)P(=O)(O)O)[C@@H]1C. The van der Waals surface area contributed by atoms with Crippen LogP contribution in [-0.2, 0) is 37.7 Å². The van der Waals surface area contributed by atoms with Gasteiger partial charge in [-0.25, -0.2) is 4.98 Å². The Kier molecular flexibility index (Phi) is 18.7. The molecule has 0 spiro atoms. The number of rotatable bonds is 11. The van der Waals surface area contributed by atoms with Gasteiger partial charge in [0.1, 0.15) is 28.8 Å². The minimum atomic E-state index is -5.57. The minimum Gasteiger partial charge on any atom is -0.507 e. The lowest BCUT2D eigenvalue weighted by Crippen LogP contribution is -2.47. The number of esters is 1. The monoisotopic (exact) mass is 1170 g/mol. The van der Waals surface area contributed by atoms with E-state index in [2.05, 4.69) is 24.1 Å². The Hall–Kier alpha value is -6.24. The number of aliphatic hydroxyl groups excluding tert-OH is 3. The number of ether oxygens (including phenoxy) is 4. The average molecular weight is 1170 g/mol. The van der Waals surface area contributed by atoms with E-state index in [-0.39, 0.29) is 49.7 Å². The number of benzene rings is 3. The summed E-state index contributed by atoms with van der Waals surface area (Å²) in [6.45, 7) is 18.4. The molecule has 25 nitrogen and oxygen atoms in total. The number of methoxy groups -OCH3 is 1. The molecular formula is C54H71N5O20P2. The summed E-state index contributed by atoms with van der Waals surface area (Å²) in [5.74, 6) is -9.89. The number of hydrogen-bond donors (Lipinski definition) is 10. The number of allylic oxidation sites excluding steroid dienone is 2. The number of carbonyl (C=O) groups is 3. The molecule has 1 saturated heterocycles. The van der Waals surface area contributed by atoms with Crippen LogP contribution in [0.25, 0.3) is 38.7 Å². The third-order valence-electron chi connectivity index (χ3n) is 15.2. The predicted molar refractivity (Wildman–Crippen MR) is 298 cm³/mol. The Labute approximate surface area is 465 Å². The van der Waals surface area contributed by atoms with Gasteiger partial charge in [0.25, 0.3) is 5.91 Å². The van der Waals surface area contributed by atoms with Gasteiger partial charge in [-0.3, -0.25) is 38.0 Å². The van der Waals surface area contributed by atoms with Crippen LogP contribution in [-0.4, -0.2) is 143 Å². The lowest BCUT2D eigenvalue weighted by atomic mass is 9.78. The van der Waals surface area contributed by atoms with Crippen LogP contribution in [0, 0.1) is 36.5 Å². The molecular weight excluding hydrogens is 1100 g/mol. The number of phenols is 1. The van der Waals surface area contributed by atoms with Crippen molar-refractivity contribution in [1.82, 2.24) is 15.2 Å². The van der Waals surface area contributed by atoms with E-state index >= 15 is 0 Å². The third kappa shape index (κ3) is 13.0. The smallest absolute Gasteiger partial charge is 0.360 e. The fourth-order valence-corrected chi connectivity index (χ4v) is 12.8. The molecule has 1 fully saturated rings. The zero-order valence-electron chi connectivity index (χ0n) is 46.5. The second kappa shape index (κ2) is 24.3. The molecule has 4 heterocycles. The van der Waals surface area contributed by atoms with Crippen LogP contribution in [0.15, 0.2) is 62.3 Å². The lowest BCUT2D eigenvalue weighted by Gasteiger charge is -2.38. The first-order valence-corrected chi connectivity index (χ1v) is 29.7. The zero-order valence-corrected chi connectivity index (χ0v) is 48.3. The van der Waals surface area contributed by atoms with E-state index in [1.807, 2.05) is 4.90 Å². The Bertz CT molecular complexity index is 3470. The number of hydrogen-bond acceptors (Lipinski definition) is 19. The van der Waals surface area contributed by atoms with Crippen LogP contribution in [0.3, 0.4) is 0 Å². The molecule has 7 rings (SSSR count). The number of phenolic OH excluding ortho intramolecular Hbond substituents is 1. The van der Waals surface area contributed by atoms with Crippen molar-refractivity contribution >= 4 is 83.1 Å². The maximum absolute atomic E-state index is 15.0. The molecule has 81 heavy (non-hydrogen) atoms.